The lowest BCUT2D eigenvalue weighted by Gasteiger charge is -2.12. The number of nitro benzene ring substituents is 1. The minimum absolute atomic E-state index is 0.0346. The second kappa shape index (κ2) is 9.77. The number of benzene rings is 2. The lowest BCUT2D eigenvalue weighted by molar-refractivity contribution is -0.384. The topological polar surface area (TPSA) is 134 Å². The lowest BCUT2D eigenvalue weighted by atomic mass is 10.0. The normalized spacial score (nSPS) is 10.8. The SMILES string of the molecule is Cc1ccnc(Oc2ccc(-c3cnc(Nc4cnn(C)c4)nc3-c3ccc([N+](=O)[O-])cc3)cc2F)n1. The first kappa shape index (κ1) is 23.5. The Labute approximate surface area is 209 Å². The third-order valence-corrected chi connectivity index (χ3v) is 5.32. The van der Waals surface area contributed by atoms with Gasteiger partial charge in [-0.05, 0) is 42.8 Å². The van der Waals surface area contributed by atoms with Gasteiger partial charge >= 0.3 is 6.01 Å². The smallest absolute Gasteiger partial charge is 0.322 e. The van der Waals surface area contributed by atoms with Gasteiger partial charge in [0.2, 0.25) is 5.95 Å². The van der Waals surface area contributed by atoms with E-state index in [-0.39, 0.29) is 23.4 Å². The second-order valence-electron chi connectivity index (χ2n) is 8.02. The lowest BCUT2D eigenvalue weighted by Crippen LogP contribution is -2.00. The number of aromatic nitrogens is 6. The van der Waals surface area contributed by atoms with Crippen LogP contribution in [0.2, 0.25) is 0 Å². The minimum Gasteiger partial charge on any atom is -0.421 e. The molecule has 0 atom stereocenters. The number of nitrogens with one attached hydrogen (secondary N) is 1. The van der Waals surface area contributed by atoms with E-state index in [0.717, 1.165) is 0 Å². The first-order valence-electron chi connectivity index (χ1n) is 11.0. The fraction of sp³-hybridized carbons (Fsp3) is 0.0800. The predicted molar refractivity (Wildman–Crippen MR) is 133 cm³/mol. The van der Waals surface area contributed by atoms with E-state index in [1.54, 1.807) is 61.5 Å². The summed E-state index contributed by atoms with van der Waals surface area (Å²) in [6, 6.07) is 12.1. The molecule has 2 aromatic carbocycles. The Hall–Kier alpha value is -5.26. The van der Waals surface area contributed by atoms with E-state index in [2.05, 4.69) is 30.4 Å². The summed E-state index contributed by atoms with van der Waals surface area (Å²) in [4.78, 5) is 27.8. The van der Waals surface area contributed by atoms with Crippen LogP contribution in [-0.2, 0) is 7.05 Å². The van der Waals surface area contributed by atoms with E-state index in [0.29, 0.717) is 33.8 Å². The molecule has 0 unspecified atom stereocenters. The van der Waals surface area contributed by atoms with Crippen LogP contribution >= 0.6 is 0 Å². The van der Waals surface area contributed by atoms with Crippen LogP contribution in [0.5, 0.6) is 11.8 Å². The first-order valence-corrected chi connectivity index (χ1v) is 11.0. The summed E-state index contributed by atoms with van der Waals surface area (Å²) < 4.78 is 22.2. The van der Waals surface area contributed by atoms with Crippen molar-refractivity contribution in [3.05, 3.63) is 94.9 Å². The van der Waals surface area contributed by atoms with Gasteiger partial charge in [-0.3, -0.25) is 14.8 Å². The molecule has 0 saturated heterocycles. The molecular weight excluding hydrogens is 479 g/mol. The molecule has 0 spiro atoms. The van der Waals surface area contributed by atoms with Crippen LogP contribution in [0.3, 0.4) is 0 Å². The van der Waals surface area contributed by atoms with E-state index in [1.165, 1.54) is 30.5 Å². The Morgan fingerprint density at radius 1 is 1.03 bits per heavy atom. The molecular formula is C25H19FN8O3. The molecule has 0 amide bonds. The van der Waals surface area contributed by atoms with Crippen LogP contribution in [0.1, 0.15) is 5.69 Å². The molecule has 5 aromatic rings. The van der Waals surface area contributed by atoms with Gasteiger partial charge in [0.05, 0.1) is 22.5 Å². The number of anilines is 2. The van der Waals surface area contributed by atoms with Crippen LogP contribution in [0.25, 0.3) is 22.4 Å². The van der Waals surface area contributed by atoms with Crippen LogP contribution in [0, 0.1) is 22.9 Å². The Morgan fingerprint density at radius 3 is 2.49 bits per heavy atom. The third kappa shape index (κ3) is 5.22. The number of ether oxygens (including phenoxy) is 1. The van der Waals surface area contributed by atoms with Gasteiger partial charge in [-0.2, -0.15) is 5.10 Å². The monoisotopic (exact) mass is 498 g/mol. The highest BCUT2D eigenvalue weighted by Gasteiger charge is 2.16. The average molecular weight is 498 g/mol. The van der Waals surface area contributed by atoms with Crippen molar-refractivity contribution < 1.29 is 14.1 Å². The zero-order valence-electron chi connectivity index (χ0n) is 19.7. The molecule has 3 heterocycles. The van der Waals surface area contributed by atoms with Gasteiger partial charge in [0.15, 0.2) is 11.6 Å². The van der Waals surface area contributed by atoms with E-state index in [4.69, 9.17) is 4.74 Å². The molecule has 0 radical (unpaired) electrons. The maximum Gasteiger partial charge on any atom is 0.322 e. The van der Waals surface area contributed by atoms with Crippen LogP contribution in [-0.4, -0.2) is 34.6 Å². The Bertz CT molecular complexity index is 1600. The van der Waals surface area contributed by atoms with Crippen molar-refractivity contribution in [2.75, 3.05) is 5.32 Å². The quantitative estimate of drug-likeness (QED) is 0.236. The average Bonchev–Trinajstić information content (AvgIpc) is 3.29. The number of rotatable bonds is 7. The highest BCUT2D eigenvalue weighted by Crippen LogP contribution is 2.34. The summed E-state index contributed by atoms with van der Waals surface area (Å²) in [5, 5.41) is 18.3. The summed E-state index contributed by atoms with van der Waals surface area (Å²) in [7, 11) is 1.78. The largest absolute Gasteiger partial charge is 0.421 e. The van der Waals surface area contributed by atoms with Gasteiger partial charge in [0.1, 0.15) is 0 Å². The molecule has 0 aliphatic carbocycles. The van der Waals surface area contributed by atoms with Crippen molar-refractivity contribution in [1.82, 2.24) is 29.7 Å². The number of hydrogen-bond acceptors (Lipinski definition) is 9. The fourth-order valence-corrected chi connectivity index (χ4v) is 3.55. The highest BCUT2D eigenvalue weighted by molar-refractivity contribution is 5.81. The molecule has 184 valence electrons. The Morgan fingerprint density at radius 2 is 1.81 bits per heavy atom. The van der Waals surface area contributed by atoms with Crippen molar-refractivity contribution in [1.29, 1.82) is 0 Å². The fourth-order valence-electron chi connectivity index (χ4n) is 3.55. The summed E-state index contributed by atoms with van der Waals surface area (Å²) in [5.41, 5.74) is 3.35. The molecule has 0 saturated carbocycles. The summed E-state index contributed by atoms with van der Waals surface area (Å²) in [6.45, 7) is 1.78. The van der Waals surface area contributed by atoms with Crippen LogP contribution in [0.4, 0.5) is 21.7 Å². The van der Waals surface area contributed by atoms with E-state index in [9.17, 15) is 10.1 Å². The van der Waals surface area contributed by atoms with Crippen LogP contribution < -0.4 is 10.1 Å². The summed E-state index contributed by atoms with van der Waals surface area (Å²) in [5.74, 6) is -0.390. The Balaban J connectivity index is 1.53. The molecule has 0 fully saturated rings. The van der Waals surface area contributed by atoms with Crippen molar-refractivity contribution in [2.45, 2.75) is 6.92 Å². The van der Waals surface area contributed by atoms with Crippen molar-refractivity contribution >= 4 is 17.3 Å². The predicted octanol–water partition coefficient (Wildman–Crippen LogP) is 5.23. The van der Waals surface area contributed by atoms with Gasteiger partial charge in [0.25, 0.3) is 5.69 Å². The second-order valence-corrected chi connectivity index (χ2v) is 8.02. The molecule has 0 bridgehead atoms. The standard InChI is InChI=1S/C25H19FN8O3/c1-15-9-10-27-25(30-15)37-22-8-5-17(11-21(22)26)20-13-28-24(31-18-12-29-33(2)14-18)32-23(20)16-3-6-19(7-4-16)34(35)36/h3-14H,1-2H3,(H,28,31,32). The van der Waals surface area contributed by atoms with Crippen LogP contribution in [0.15, 0.2) is 73.3 Å². The number of hydrogen-bond donors (Lipinski definition) is 1. The molecule has 3 aromatic heterocycles. The van der Waals surface area contributed by atoms with E-state index < -0.39 is 10.7 Å². The molecule has 12 heteroatoms. The first-order chi connectivity index (χ1) is 17.9. The number of halogens is 1. The molecule has 0 aliphatic heterocycles. The number of nitrogens with zero attached hydrogens (tertiary/aromatic N) is 7. The van der Waals surface area contributed by atoms with E-state index >= 15 is 4.39 Å². The zero-order valence-corrected chi connectivity index (χ0v) is 19.7. The van der Waals surface area contributed by atoms with Gasteiger partial charge in [0, 0.05) is 54.6 Å². The maximum atomic E-state index is 15.0. The number of non-ortho nitro benzene ring substituents is 1. The number of aryl methyl sites for hydroxylation is 2. The molecule has 1 N–H and O–H groups in total. The summed E-state index contributed by atoms with van der Waals surface area (Å²) in [6.07, 6.45) is 6.46. The number of nitro groups is 1. The van der Waals surface area contributed by atoms with Gasteiger partial charge in [-0.25, -0.2) is 24.3 Å². The molecule has 37 heavy (non-hydrogen) atoms. The maximum absolute atomic E-state index is 15.0. The van der Waals surface area contributed by atoms with Gasteiger partial charge < -0.3 is 10.1 Å². The Kier molecular flexibility index (Phi) is 6.20. The third-order valence-electron chi connectivity index (χ3n) is 5.32. The molecule has 5 rings (SSSR count). The van der Waals surface area contributed by atoms with Gasteiger partial charge in [-0.1, -0.05) is 6.07 Å². The minimum atomic E-state index is -0.630. The van der Waals surface area contributed by atoms with Crippen molar-refractivity contribution in [2.24, 2.45) is 7.05 Å². The van der Waals surface area contributed by atoms with Gasteiger partial charge in [-0.15, -0.1) is 0 Å². The summed E-state index contributed by atoms with van der Waals surface area (Å²) >= 11 is 0. The zero-order chi connectivity index (χ0) is 25.9. The molecule has 0 aliphatic rings. The highest BCUT2D eigenvalue weighted by atomic mass is 19.1. The molecule has 11 nitrogen and oxygen atoms in total. The van der Waals surface area contributed by atoms with Crippen molar-refractivity contribution in [3.63, 3.8) is 0 Å². The van der Waals surface area contributed by atoms with E-state index in [1.807, 2.05) is 0 Å². The van der Waals surface area contributed by atoms with Crippen molar-refractivity contribution in [3.8, 4) is 34.1 Å².